The Balaban J connectivity index is 1.30. The third-order valence-electron chi connectivity index (χ3n) is 6.76. The monoisotopic (exact) mass is 447 g/mol. The number of amides is 1. The molecule has 1 atom stereocenters. The lowest BCUT2D eigenvalue weighted by Gasteiger charge is -2.29. The van der Waals surface area contributed by atoms with E-state index in [2.05, 4.69) is 50.9 Å². The minimum atomic E-state index is 0.153. The molecule has 0 saturated carbocycles. The fourth-order valence-corrected chi connectivity index (χ4v) is 4.83. The number of benzene rings is 2. The number of likely N-dealkylation sites (tertiary alicyclic amines) is 2. The maximum Gasteiger partial charge on any atom is 0.253 e. The Morgan fingerprint density at radius 3 is 2.21 bits per heavy atom. The van der Waals surface area contributed by atoms with Crippen LogP contribution in [-0.4, -0.2) is 61.4 Å². The Bertz CT molecular complexity index is 900. The number of nitrogens with zero attached hydrogens (tertiary/aromatic N) is 3. The van der Waals surface area contributed by atoms with Crippen LogP contribution in [-0.2, 0) is 6.54 Å². The highest BCUT2D eigenvalue weighted by molar-refractivity contribution is 5.94. The van der Waals surface area contributed by atoms with Crippen molar-refractivity contribution in [3.05, 3.63) is 71.3 Å². The van der Waals surface area contributed by atoms with E-state index in [0.717, 1.165) is 62.7 Å². The van der Waals surface area contributed by atoms with Gasteiger partial charge >= 0.3 is 0 Å². The van der Waals surface area contributed by atoms with Gasteiger partial charge in [-0.3, -0.25) is 14.7 Å². The molecular weight excluding hydrogens is 410 g/mol. The Morgan fingerprint density at radius 2 is 1.55 bits per heavy atom. The molecule has 2 aliphatic heterocycles. The molecule has 0 spiro atoms. The maximum absolute atomic E-state index is 12.7. The number of nitrogens with one attached hydrogen (secondary N) is 2. The minimum Gasteiger partial charge on any atom is -0.354 e. The summed E-state index contributed by atoms with van der Waals surface area (Å²) in [6.45, 7) is 5.53. The number of aliphatic imine (C=N–C) groups is 1. The zero-order valence-corrected chi connectivity index (χ0v) is 19.8. The standard InChI is InChI=1S/C27H37N5O/c1-28-27(30-21-25(31-16-8-9-17-31)23-10-4-2-5-11-23)29-20-22-12-14-24(15-13-22)26(33)32-18-6-3-7-19-32/h2,4-5,10-15,25H,3,6-9,16-21H2,1H3,(H2,28,29,30). The van der Waals surface area contributed by atoms with Crippen LogP contribution >= 0.6 is 0 Å². The third kappa shape index (κ3) is 6.35. The van der Waals surface area contributed by atoms with Gasteiger partial charge in [-0.25, -0.2) is 0 Å². The van der Waals surface area contributed by atoms with E-state index < -0.39 is 0 Å². The molecule has 0 aromatic heterocycles. The lowest BCUT2D eigenvalue weighted by Crippen LogP contribution is -2.42. The van der Waals surface area contributed by atoms with Gasteiger partial charge in [0, 0.05) is 38.8 Å². The highest BCUT2D eigenvalue weighted by atomic mass is 16.2. The van der Waals surface area contributed by atoms with Gasteiger partial charge in [0.1, 0.15) is 0 Å². The van der Waals surface area contributed by atoms with Crippen LogP contribution in [0.5, 0.6) is 0 Å². The van der Waals surface area contributed by atoms with E-state index in [0.29, 0.717) is 12.6 Å². The van der Waals surface area contributed by atoms with Crippen LogP contribution in [0.25, 0.3) is 0 Å². The first-order chi connectivity index (χ1) is 16.2. The van der Waals surface area contributed by atoms with Crippen molar-refractivity contribution in [1.29, 1.82) is 0 Å². The van der Waals surface area contributed by atoms with E-state index in [4.69, 9.17) is 0 Å². The summed E-state index contributed by atoms with van der Waals surface area (Å²) in [6, 6.07) is 19.0. The molecule has 2 saturated heterocycles. The van der Waals surface area contributed by atoms with Gasteiger partial charge in [-0.05, 0) is 68.5 Å². The summed E-state index contributed by atoms with van der Waals surface area (Å²) in [5.74, 6) is 0.948. The van der Waals surface area contributed by atoms with Crippen molar-refractivity contribution >= 4 is 11.9 Å². The molecule has 176 valence electrons. The zero-order valence-electron chi connectivity index (χ0n) is 19.8. The van der Waals surface area contributed by atoms with Crippen molar-refractivity contribution in [2.45, 2.75) is 44.7 Å². The third-order valence-corrected chi connectivity index (χ3v) is 6.76. The molecule has 4 rings (SSSR count). The number of carbonyl (C=O) groups excluding carboxylic acids is 1. The van der Waals surface area contributed by atoms with Gasteiger partial charge in [-0.2, -0.15) is 0 Å². The molecular formula is C27H37N5O. The summed E-state index contributed by atoms with van der Waals surface area (Å²) in [6.07, 6.45) is 6.00. The summed E-state index contributed by atoms with van der Waals surface area (Å²) in [4.78, 5) is 21.6. The van der Waals surface area contributed by atoms with Crippen molar-refractivity contribution < 1.29 is 4.79 Å². The molecule has 33 heavy (non-hydrogen) atoms. The second kappa shape index (κ2) is 11.8. The van der Waals surface area contributed by atoms with E-state index in [1.54, 1.807) is 0 Å². The number of carbonyl (C=O) groups is 1. The van der Waals surface area contributed by atoms with Gasteiger partial charge in [0.05, 0.1) is 6.04 Å². The molecule has 1 amide bonds. The molecule has 2 aliphatic rings. The lowest BCUT2D eigenvalue weighted by atomic mass is 10.1. The Labute approximate surface area is 198 Å². The Hall–Kier alpha value is -2.86. The average Bonchev–Trinajstić information content (AvgIpc) is 3.42. The SMILES string of the molecule is CN=C(NCc1ccc(C(=O)N2CCCCC2)cc1)NCC(c1ccccc1)N1CCCC1. The van der Waals surface area contributed by atoms with Crippen LogP contribution < -0.4 is 10.6 Å². The van der Waals surface area contributed by atoms with Crippen LogP contribution in [0.2, 0.25) is 0 Å². The first-order valence-corrected chi connectivity index (χ1v) is 12.4. The number of hydrogen-bond donors (Lipinski definition) is 2. The fourth-order valence-electron chi connectivity index (χ4n) is 4.83. The van der Waals surface area contributed by atoms with E-state index in [1.165, 1.54) is 24.8 Å². The highest BCUT2D eigenvalue weighted by Crippen LogP contribution is 2.24. The number of piperidine rings is 1. The van der Waals surface area contributed by atoms with Gasteiger partial charge in [0.15, 0.2) is 5.96 Å². The predicted octanol–water partition coefficient (Wildman–Crippen LogP) is 3.81. The van der Waals surface area contributed by atoms with E-state index in [1.807, 2.05) is 36.2 Å². The number of rotatable bonds is 7. The maximum atomic E-state index is 12.7. The van der Waals surface area contributed by atoms with Crippen molar-refractivity contribution in [3.63, 3.8) is 0 Å². The molecule has 2 heterocycles. The molecule has 0 radical (unpaired) electrons. The summed E-state index contributed by atoms with van der Waals surface area (Å²) in [5.41, 5.74) is 3.25. The summed E-state index contributed by atoms with van der Waals surface area (Å²) in [5, 5.41) is 6.94. The van der Waals surface area contributed by atoms with Crippen molar-refractivity contribution in [3.8, 4) is 0 Å². The molecule has 2 N–H and O–H groups in total. The van der Waals surface area contributed by atoms with E-state index in [9.17, 15) is 4.79 Å². The first kappa shape index (κ1) is 23.3. The van der Waals surface area contributed by atoms with E-state index >= 15 is 0 Å². The van der Waals surface area contributed by atoms with Crippen LogP contribution in [0, 0.1) is 0 Å². The van der Waals surface area contributed by atoms with Crippen LogP contribution in [0.4, 0.5) is 0 Å². The molecule has 2 aromatic rings. The molecule has 1 unspecified atom stereocenters. The van der Waals surface area contributed by atoms with Gasteiger partial charge in [-0.15, -0.1) is 0 Å². The molecule has 6 heteroatoms. The van der Waals surface area contributed by atoms with Gasteiger partial charge in [0.25, 0.3) is 5.91 Å². The minimum absolute atomic E-state index is 0.153. The van der Waals surface area contributed by atoms with Gasteiger partial charge in [0.2, 0.25) is 0 Å². The Morgan fingerprint density at radius 1 is 0.879 bits per heavy atom. The first-order valence-electron chi connectivity index (χ1n) is 12.4. The summed E-state index contributed by atoms with van der Waals surface area (Å²) in [7, 11) is 1.81. The van der Waals surface area contributed by atoms with E-state index in [-0.39, 0.29) is 5.91 Å². The van der Waals surface area contributed by atoms with Gasteiger partial charge in [-0.1, -0.05) is 42.5 Å². The van der Waals surface area contributed by atoms with Crippen molar-refractivity contribution in [1.82, 2.24) is 20.4 Å². The molecule has 0 bridgehead atoms. The molecule has 0 aliphatic carbocycles. The molecule has 2 aromatic carbocycles. The largest absolute Gasteiger partial charge is 0.354 e. The topological polar surface area (TPSA) is 60.0 Å². The molecule has 2 fully saturated rings. The quantitative estimate of drug-likeness (QED) is 0.501. The van der Waals surface area contributed by atoms with Gasteiger partial charge < -0.3 is 15.5 Å². The fraction of sp³-hybridized carbons (Fsp3) is 0.481. The lowest BCUT2D eigenvalue weighted by molar-refractivity contribution is 0.0724. The second-order valence-electron chi connectivity index (χ2n) is 9.03. The van der Waals surface area contributed by atoms with Crippen LogP contribution in [0.15, 0.2) is 59.6 Å². The van der Waals surface area contributed by atoms with Crippen LogP contribution in [0.1, 0.15) is 59.6 Å². The zero-order chi connectivity index (χ0) is 22.9. The number of guanidine groups is 1. The normalized spacial score (nSPS) is 18.2. The number of hydrogen-bond acceptors (Lipinski definition) is 3. The summed E-state index contributed by atoms with van der Waals surface area (Å²) >= 11 is 0. The Kier molecular flexibility index (Phi) is 8.36. The van der Waals surface area contributed by atoms with Crippen molar-refractivity contribution in [2.75, 3.05) is 39.8 Å². The highest BCUT2D eigenvalue weighted by Gasteiger charge is 2.23. The smallest absolute Gasteiger partial charge is 0.253 e. The second-order valence-corrected chi connectivity index (χ2v) is 9.03. The van der Waals surface area contributed by atoms with Crippen LogP contribution in [0.3, 0.4) is 0 Å². The molecule has 6 nitrogen and oxygen atoms in total. The average molecular weight is 448 g/mol. The summed E-state index contributed by atoms with van der Waals surface area (Å²) < 4.78 is 0. The predicted molar refractivity (Wildman–Crippen MR) is 134 cm³/mol. The van der Waals surface area contributed by atoms with Crippen molar-refractivity contribution in [2.24, 2.45) is 4.99 Å².